The molecular formula is C24H17Cl2F3N2O3S. The number of oxime groups is 1. The van der Waals surface area contributed by atoms with E-state index in [4.69, 9.17) is 28.0 Å². The first kappa shape index (κ1) is 24.2. The first-order valence-corrected chi connectivity index (χ1v) is 12.8. The zero-order valence-corrected chi connectivity index (χ0v) is 20.2. The van der Waals surface area contributed by atoms with Crippen LogP contribution in [0.4, 0.5) is 13.2 Å². The lowest BCUT2D eigenvalue weighted by Gasteiger charge is -2.30. The van der Waals surface area contributed by atoms with Crippen molar-refractivity contribution in [1.82, 2.24) is 5.32 Å². The summed E-state index contributed by atoms with van der Waals surface area (Å²) in [5, 5.41) is 7.90. The predicted molar refractivity (Wildman–Crippen MR) is 130 cm³/mol. The van der Waals surface area contributed by atoms with Gasteiger partial charge >= 0.3 is 6.18 Å². The lowest BCUT2D eigenvalue weighted by atomic mass is 9.85. The summed E-state index contributed by atoms with van der Waals surface area (Å²) in [6.07, 6.45) is -5.42. The molecule has 0 aliphatic carbocycles. The highest BCUT2D eigenvalue weighted by atomic mass is 35.5. The number of benzene rings is 3. The fourth-order valence-electron chi connectivity index (χ4n) is 4.33. The fourth-order valence-corrected chi connectivity index (χ4v) is 5.82. The van der Waals surface area contributed by atoms with Gasteiger partial charge in [-0.15, -0.1) is 0 Å². The maximum atomic E-state index is 14.4. The molecule has 0 spiro atoms. The van der Waals surface area contributed by atoms with Crippen molar-refractivity contribution >= 4 is 56.8 Å². The van der Waals surface area contributed by atoms with Gasteiger partial charge in [0.1, 0.15) is 17.5 Å². The van der Waals surface area contributed by atoms with Crippen molar-refractivity contribution in [2.45, 2.75) is 24.2 Å². The third-order valence-corrected chi connectivity index (χ3v) is 8.09. The van der Waals surface area contributed by atoms with Gasteiger partial charge in [-0.05, 0) is 46.2 Å². The molecule has 182 valence electrons. The average molecular weight is 541 g/mol. The summed E-state index contributed by atoms with van der Waals surface area (Å²) in [6, 6.07) is 13.5. The summed E-state index contributed by atoms with van der Waals surface area (Å²) < 4.78 is 54.4. The number of amides is 1. The number of alkyl halides is 3. The van der Waals surface area contributed by atoms with E-state index in [1.54, 1.807) is 36.4 Å². The van der Waals surface area contributed by atoms with Crippen molar-refractivity contribution in [1.29, 1.82) is 0 Å². The molecular weight excluding hydrogens is 524 g/mol. The van der Waals surface area contributed by atoms with Gasteiger partial charge in [-0.3, -0.25) is 4.79 Å². The average Bonchev–Trinajstić information content (AvgIpc) is 3.23. The number of carbonyl (C=O) groups is 1. The molecule has 3 aromatic rings. The Kier molecular flexibility index (Phi) is 6.15. The Morgan fingerprint density at radius 2 is 1.74 bits per heavy atom. The topological polar surface area (TPSA) is 73.8 Å². The summed E-state index contributed by atoms with van der Waals surface area (Å²) in [5.74, 6) is 0.476. The van der Waals surface area contributed by atoms with Crippen LogP contribution in [0.1, 0.15) is 27.9 Å². The molecule has 5 rings (SSSR count). The molecule has 1 atom stereocenters. The second kappa shape index (κ2) is 8.89. The van der Waals surface area contributed by atoms with Crippen molar-refractivity contribution in [3.63, 3.8) is 0 Å². The Bertz CT molecular complexity index is 1340. The van der Waals surface area contributed by atoms with E-state index in [1.807, 2.05) is 0 Å². The Hall–Kier alpha value is -2.46. The zero-order chi connectivity index (χ0) is 25.0. The van der Waals surface area contributed by atoms with Gasteiger partial charge in [-0.25, -0.2) is 0 Å². The highest BCUT2D eigenvalue weighted by Crippen LogP contribution is 2.50. The van der Waals surface area contributed by atoms with Crippen LogP contribution >= 0.6 is 23.2 Å². The van der Waals surface area contributed by atoms with Gasteiger partial charge < -0.3 is 14.7 Å². The van der Waals surface area contributed by atoms with E-state index in [9.17, 15) is 22.5 Å². The van der Waals surface area contributed by atoms with E-state index in [0.717, 1.165) is 0 Å². The van der Waals surface area contributed by atoms with Crippen molar-refractivity contribution in [3.05, 3.63) is 81.3 Å². The van der Waals surface area contributed by atoms with Crippen molar-refractivity contribution in [2.75, 3.05) is 11.5 Å². The van der Waals surface area contributed by atoms with E-state index in [0.29, 0.717) is 33.4 Å². The lowest BCUT2D eigenvalue weighted by molar-refractivity contribution is -0.275. The number of nitrogens with zero attached hydrogens (tertiary/aromatic N) is 1. The van der Waals surface area contributed by atoms with Crippen LogP contribution in [-0.4, -0.2) is 39.9 Å². The Balaban J connectivity index is 1.52. The third kappa shape index (κ3) is 4.35. The van der Waals surface area contributed by atoms with Gasteiger partial charge in [0.25, 0.3) is 11.5 Å². The predicted octanol–water partition coefficient (Wildman–Crippen LogP) is 5.59. The molecule has 2 aliphatic rings. The van der Waals surface area contributed by atoms with Crippen LogP contribution in [0.5, 0.6) is 0 Å². The van der Waals surface area contributed by atoms with Gasteiger partial charge in [-0.1, -0.05) is 58.7 Å². The van der Waals surface area contributed by atoms with Crippen LogP contribution < -0.4 is 5.32 Å². The zero-order valence-electron chi connectivity index (χ0n) is 17.9. The Morgan fingerprint density at radius 1 is 1.09 bits per heavy atom. The standard InChI is InChI=1S/C24H17Cl2F3N2O3S/c25-14-7-13(8-15(26)9-14)23(24(27,28)29)10-21(31-34-23)19-5-6-20(18-4-2-1-3-17(18)19)22(32)30-16-11-35(33)12-16/h1-9,16H,10-12H2,(H,30,32). The number of carbonyl (C=O) groups excluding carboxylic acids is 1. The summed E-state index contributed by atoms with van der Waals surface area (Å²) in [6.45, 7) is 0. The number of fused-ring (bicyclic) bond motifs is 1. The quantitative estimate of drug-likeness (QED) is 0.438. The maximum Gasteiger partial charge on any atom is 0.435 e. The normalized spacial score (nSPS) is 24.0. The second-order valence-corrected chi connectivity index (χ2v) is 10.9. The molecule has 0 radical (unpaired) electrons. The number of halogens is 5. The minimum Gasteiger partial charge on any atom is -0.616 e. The van der Waals surface area contributed by atoms with Gasteiger partial charge in [0, 0.05) is 33.2 Å². The van der Waals surface area contributed by atoms with Crippen molar-refractivity contribution in [3.8, 4) is 0 Å². The monoisotopic (exact) mass is 540 g/mol. The van der Waals surface area contributed by atoms with Crippen LogP contribution in [0.25, 0.3) is 10.8 Å². The summed E-state index contributed by atoms with van der Waals surface area (Å²) in [5.41, 5.74) is -2.14. The Morgan fingerprint density at radius 3 is 2.37 bits per heavy atom. The Labute approximate surface area is 211 Å². The minimum absolute atomic E-state index is 0.0456. The molecule has 1 fully saturated rings. The van der Waals surface area contributed by atoms with Crippen molar-refractivity contribution < 1.29 is 27.4 Å². The summed E-state index contributed by atoms with van der Waals surface area (Å²) >= 11 is 11.0. The molecule has 2 aliphatic heterocycles. The number of hydrogen-bond acceptors (Lipinski definition) is 4. The molecule has 1 saturated heterocycles. The first-order chi connectivity index (χ1) is 16.6. The largest absolute Gasteiger partial charge is 0.616 e. The van der Waals surface area contributed by atoms with Gasteiger partial charge in [-0.2, -0.15) is 13.2 Å². The molecule has 0 aromatic heterocycles. The molecule has 3 aromatic carbocycles. The van der Waals surface area contributed by atoms with E-state index >= 15 is 0 Å². The van der Waals surface area contributed by atoms with Crippen molar-refractivity contribution in [2.24, 2.45) is 5.16 Å². The molecule has 5 nitrogen and oxygen atoms in total. The third-order valence-electron chi connectivity index (χ3n) is 6.10. The molecule has 0 bridgehead atoms. The summed E-state index contributed by atoms with van der Waals surface area (Å²) in [7, 11) is 0. The van der Waals surface area contributed by atoms with Crippen LogP contribution in [0, 0.1) is 0 Å². The smallest absolute Gasteiger partial charge is 0.435 e. The fraction of sp³-hybridized carbons (Fsp3) is 0.250. The molecule has 1 N–H and O–H groups in total. The molecule has 1 amide bonds. The number of rotatable bonds is 4. The van der Waals surface area contributed by atoms with Gasteiger partial charge in [0.05, 0.1) is 5.71 Å². The highest BCUT2D eigenvalue weighted by Gasteiger charge is 2.62. The van der Waals surface area contributed by atoms with E-state index in [2.05, 4.69) is 10.5 Å². The van der Waals surface area contributed by atoms with Crippen LogP contribution in [0.3, 0.4) is 0 Å². The summed E-state index contributed by atoms with van der Waals surface area (Å²) in [4.78, 5) is 18.0. The van der Waals surface area contributed by atoms with E-state index in [1.165, 1.54) is 18.2 Å². The first-order valence-electron chi connectivity index (χ1n) is 10.5. The maximum absolute atomic E-state index is 14.4. The lowest BCUT2D eigenvalue weighted by Crippen LogP contribution is -2.52. The number of nitrogens with one attached hydrogen (secondary N) is 1. The minimum atomic E-state index is -4.81. The van der Waals surface area contributed by atoms with Gasteiger partial charge in [0.15, 0.2) is 0 Å². The van der Waals surface area contributed by atoms with E-state index in [-0.39, 0.29) is 33.3 Å². The molecule has 0 saturated carbocycles. The molecule has 11 heteroatoms. The SMILES string of the molecule is O=C(NC1C[S+]([O-])C1)c1ccc(C2=NOC(c3cc(Cl)cc(Cl)c3)(C(F)(F)F)C2)c2ccccc12. The molecule has 2 heterocycles. The second-order valence-electron chi connectivity index (χ2n) is 8.44. The molecule has 1 unspecified atom stereocenters. The van der Waals surface area contributed by atoms with Crippen LogP contribution in [0.2, 0.25) is 10.0 Å². The van der Waals surface area contributed by atoms with Crippen LogP contribution in [0.15, 0.2) is 59.8 Å². The van der Waals surface area contributed by atoms with Crippen LogP contribution in [-0.2, 0) is 21.6 Å². The highest BCUT2D eigenvalue weighted by molar-refractivity contribution is 7.92. The number of hydrogen-bond donors (Lipinski definition) is 1. The van der Waals surface area contributed by atoms with Gasteiger partial charge in [0.2, 0.25) is 0 Å². The van der Waals surface area contributed by atoms with E-state index < -0.39 is 29.4 Å². The molecule has 35 heavy (non-hydrogen) atoms.